The summed E-state index contributed by atoms with van der Waals surface area (Å²) >= 11 is 7.75. The fourth-order valence-electron chi connectivity index (χ4n) is 3.46. The van der Waals surface area contributed by atoms with Gasteiger partial charge in [0, 0.05) is 16.8 Å². The number of halogens is 1. The number of carbonyl (C=O) groups excluding carboxylic acids is 1. The van der Waals surface area contributed by atoms with Crippen LogP contribution in [-0.2, 0) is 6.54 Å². The Morgan fingerprint density at radius 3 is 2.93 bits per heavy atom. The summed E-state index contributed by atoms with van der Waals surface area (Å²) in [6, 6.07) is 7.42. The Bertz CT molecular complexity index is 972. The number of piperidine rings is 1. The van der Waals surface area contributed by atoms with Crippen molar-refractivity contribution in [3.63, 3.8) is 0 Å². The second-order valence-corrected chi connectivity index (χ2v) is 8.82. The summed E-state index contributed by atoms with van der Waals surface area (Å²) in [5.41, 5.74) is 2.26. The second kappa shape index (κ2) is 7.62. The molecule has 7 heteroatoms. The molecule has 0 spiro atoms. The number of hydrogen-bond acceptors (Lipinski definition) is 4. The third-order valence-electron chi connectivity index (χ3n) is 5.21. The third kappa shape index (κ3) is 4.03. The van der Waals surface area contributed by atoms with Crippen LogP contribution in [0, 0.1) is 12.8 Å². The van der Waals surface area contributed by atoms with Gasteiger partial charge in [-0.3, -0.25) is 15.0 Å². The van der Waals surface area contributed by atoms with Crippen LogP contribution in [0.1, 0.15) is 40.8 Å². The van der Waals surface area contributed by atoms with E-state index in [-0.39, 0.29) is 5.91 Å². The number of nitrogens with one attached hydrogen (secondary N) is 2. The number of para-hydroxylation sites is 1. The van der Waals surface area contributed by atoms with Crippen LogP contribution in [-0.4, -0.2) is 33.9 Å². The minimum absolute atomic E-state index is 0.200. The standard InChI is InChI=1S/C20H23ClN4OS/c1-12-6-8-25(9-7-12)11-17-13(2)22-20(27-17)24-19(26)16-10-14-4-3-5-15(21)18(14)23-16/h3-5,10,12,23H,6-9,11H2,1-2H3,(H,22,24,26). The van der Waals surface area contributed by atoms with Gasteiger partial charge in [-0.05, 0) is 50.9 Å². The van der Waals surface area contributed by atoms with Crippen LogP contribution in [0.2, 0.25) is 5.02 Å². The minimum atomic E-state index is -0.200. The van der Waals surface area contributed by atoms with Crippen LogP contribution in [0.3, 0.4) is 0 Å². The van der Waals surface area contributed by atoms with E-state index in [4.69, 9.17) is 11.6 Å². The molecule has 0 saturated carbocycles. The number of aromatic amines is 1. The topological polar surface area (TPSA) is 61.0 Å². The van der Waals surface area contributed by atoms with Crippen LogP contribution in [0.4, 0.5) is 5.13 Å². The van der Waals surface area contributed by atoms with Gasteiger partial charge in [-0.25, -0.2) is 4.98 Å². The number of rotatable bonds is 4. The lowest BCUT2D eigenvalue weighted by molar-refractivity contribution is 0.102. The highest BCUT2D eigenvalue weighted by Crippen LogP contribution is 2.28. The first-order valence-electron chi connectivity index (χ1n) is 9.27. The molecule has 27 heavy (non-hydrogen) atoms. The molecule has 4 rings (SSSR count). The molecule has 1 fully saturated rings. The number of likely N-dealkylation sites (tertiary alicyclic amines) is 1. The molecular formula is C20H23ClN4OS. The normalized spacial score (nSPS) is 16.1. The van der Waals surface area contributed by atoms with Gasteiger partial charge in [0.15, 0.2) is 5.13 Å². The summed E-state index contributed by atoms with van der Waals surface area (Å²) in [6.45, 7) is 7.51. The Morgan fingerprint density at radius 2 is 2.19 bits per heavy atom. The Labute approximate surface area is 167 Å². The summed E-state index contributed by atoms with van der Waals surface area (Å²) < 4.78 is 0. The largest absolute Gasteiger partial charge is 0.349 e. The highest BCUT2D eigenvalue weighted by molar-refractivity contribution is 7.15. The molecule has 3 aromatic rings. The van der Waals surface area contributed by atoms with Crippen molar-refractivity contribution in [3.05, 3.63) is 45.6 Å². The number of anilines is 1. The van der Waals surface area contributed by atoms with E-state index in [1.54, 1.807) is 17.4 Å². The Kier molecular flexibility index (Phi) is 5.21. The van der Waals surface area contributed by atoms with Crippen molar-refractivity contribution >= 4 is 44.9 Å². The van der Waals surface area contributed by atoms with E-state index in [0.717, 1.165) is 42.1 Å². The van der Waals surface area contributed by atoms with Gasteiger partial charge in [-0.15, -0.1) is 11.3 Å². The number of aryl methyl sites for hydroxylation is 1. The molecular weight excluding hydrogens is 380 g/mol. The second-order valence-electron chi connectivity index (χ2n) is 7.33. The summed E-state index contributed by atoms with van der Waals surface area (Å²) in [6.07, 6.45) is 2.51. The maximum absolute atomic E-state index is 12.6. The van der Waals surface area contributed by atoms with Crippen molar-refractivity contribution in [1.82, 2.24) is 14.9 Å². The zero-order valence-corrected chi connectivity index (χ0v) is 17.1. The molecule has 1 aliphatic heterocycles. The first-order chi connectivity index (χ1) is 13.0. The van der Waals surface area contributed by atoms with Crippen LogP contribution < -0.4 is 5.32 Å². The van der Waals surface area contributed by atoms with E-state index in [0.29, 0.717) is 15.8 Å². The zero-order valence-electron chi connectivity index (χ0n) is 15.5. The molecule has 2 aromatic heterocycles. The lowest BCUT2D eigenvalue weighted by Crippen LogP contribution is -2.32. The van der Waals surface area contributed by atoms with E-state index < -0.39 is 0 Å². The SMILES string of the molecule is Cc1nc(NC(=O)c2cc3cccc(Cl)c3[nH]2)sc1CN1CCC(C)CC1. The van der Waals surface area contributed by atoms with Crippen molar-refractivity contribution in [2.45, 2.75) is 33.2 Å². The molecule has 0 aliphatic carbocycles. The molecule has 0 unspecified atom stereocenters. The van der Waals surface area contributed by atoms with Crippen molar-refractivity contribution in [1.29, 1.82) is 0 Å². The number of carbonyl (C=O) groups is 1. The molecule has 3 heterocycles. The van der Waals surface area contributed by atoms with Gasteiger partial charge in [0.2, 0.25) is 0 Å². The van der Waals surface area contributed by atoms with Crippen molar-refractivity contribution in [3.8, 4) is 0 Å². The third-order valence-corrected chi connectivity index (χ3v) is 6.58. The summed E-state index contributed by atoms with van der Waals surface area (Å²) in [7, 11) is 0. The number of hydrogen-bond donors (Lipinski definition) is 2. The fraction of sp³-hybridized carbons (Fsp3) is 0.400. The molecule has 1 amide bonds. The maximum atomic E-state index is 12.6. The predicted octanol–water partition coefficient (Wildman–Crippen LogP) is 5.07. The first kappa shape index (κ1) is 18.5. The quantitative estimate of drug-likeness (QED) is 0.640. The Morgan fingerprint density at radius 1 is 1.41 bits per heavy atom. The number of nitrogens with zero attached hydrogens (tertiary/aromatic N) is 2. The monoisotopic (exact) mass is 402 g/mol. The average molecular weight is 403 g/mol. The van der Waals surface area contributed by atoms with Crippen LogP contribution in [0.5, 0.6) is 0 Å². The summed E-state index contributed by atoms with van der Waals surface area (Å²) in [5.74, 6) is 0.623. The highest BCUT2D eigenvalue weighted by Gasteiger charge is 2.19. The van der Waals surface area contributed by atoms with Gasteiger partial charge in [0.05, 0.1) is 16.2 Å². The highest BCUT2D eigenvalue weighted by atomic mass is 35.5. The van der Waals surface area contributed by atoms with E-state index in [9.17, 15) is 4.79 Å². The lowest BCUT2D eigenvalue weighted by atomic mass is 9.99. The van der Waals surface area contributed by atoms with Crippen LogP contribution in [0.25, 0.3) is 10.9 Å². The van der Waals surface area contributed by atoms with Gasteiger partial charge in [0.1, 0.15) is 5.69 Å². The minimum Gasteiger partial charge on any atom is -0.349 e. The van der Waals surface area contributed by atoms with Gasteiger partial charge < -0.3 is 4.98 Å². The van der Waals surface area contributed by atoms with E-state index in [1.807, 2.05) is 25.1 Å². The summed E-state index contributed by atoms with van der Waals surface area (Å²) in [5, 5.41) is 5.09. The van der Waals surface area contributed by atoms with Gasteiger partial charge in [-0.1, -0.05) is 30.7 Å². The van der Waals surface area contributed by atoms with E-state index in [1.165, 1.54) is 17.7 Å². The molecule has 1 aliphatic rings. The molecule has 0 atom stereocenters. The van der Waals surface area contributed by atoms with E-state index >= 15 is 0 Å². The Hall–Kier alpha value is -1.89. The number of H-pyrrole nitrogens is 1. The van der Waals surface area contributed by atoms with Gasteiger partial charge >= 0.3 is 0 Å². The van der Waals surface area contributed by atoms with Crippen molar-refractivity contribution in [2.24, 2.45) is 5.92 Å². The number of amides is 1. The van der Waals surface area contributed by atoms with Crippen molar-refractivity contribution < 1.29 is 4.79 Å². The van der Waals surface area contributed by atoms with Gasteiger partial charge in [0.25, 0.3) is 5.91 Å². The molecule has 142 valence electrons. The molecule has 0 bridgehead atoms. The molecule has 1 saturated heterocycles. The van der Waals surface area contributed by atoms with Crippen molar-refractivity contribution in [2.75, 3.05) is 18.4 Å². The zero-order chi connectivity index (χ0) is 19.0. The lowest BCUT2D eigenvalue weighted by Gasteiger charge is -2.29. The number of thiazole rings is 1. The molecule has 5 nitrogen and oxygen atoms in total. The smallest absolute Gasteiger partial charge is 0.273 e. The summed E-state index contributed by atoms with van der Waals surface area (Å²) in [4.78, 5) is 24.0. The fourth-order valence-corrected chi connectivity index (χ4v) is 4.69. The molecule has 0 radical (unpaired) electrons. The number of benzene rings is 1. The maximum Gasteiger partial charge on any atom is 0.273 e. The number of fused-ring (bicyclic) bond motifs is 1. The molecule has 1 aromatic carbocycles. The van der Waals surface area contributed by atoms with Crippen LogP contribution >= 0.6 is 22.9 Å². The van der Waals surface area contributed by atoms with Crippen LogP contribution in [0.15, 0.2) is 24.3 Å². The predicted molar refractivity (Wildman–Crippen MR) is 112 cm³/mol. The Balaban J connectivity index is 1.46. The first-order valence-corrected chi connectivity index (χ1v) is 10.5. The average Bonchev–Trinajstić information content (AvgIpc) is 3.22. The van der Waals surface area contributed by atoms with E-state index in [2.05, 4.69) is 27.1 Å². The number of aromatic nitrogens is 2. The van der Waals surface area contributed by atoms with Gasteiger partial charge in [-0.2, -0.15) is 0 Å². The molecule has 2 N–H and O–H groups in total.